The van der Waals surface area contributed by atoms with Gasteiger partial charge in [-0.25, -0.2) is 13.9 Å². The number of carbonyl (C=O) groups is 1. The minimum atomic E-state index is -0.252. The van der Waals surface area contributed by atoms with Gasteiger partial charge in [0.1, 0.15) is 17.6 Å². The van der Waals surface area contributed by atoms with Crippen LogP contribution in [-0.4, -0.2) is 52.1 Å². The molecule has 8 nitrogen and oxygen atoms in total. The largest absolute Gasteiger partial charge is 0.365 e. The lowest BCUT2D eigenvalue weighted by Crippen LogP contribution is -2.47. The number of carbonyl (C=O) groups excluding carboxylic acids is 1. The molecule has 2 aromatic rings. The normalized spacial score (nSPS) is 20.6. The van der Waals surface area contributed by atoms with Gasteiger partial charge < -0.3 is 15.4 Å². The van der Waals surface area contributed by atoms with Crippen molar-refractivity contribution in [3.05, 3.63) is 47.0 Å². The number of ether oxygens (including phenoxy) is 1. The molecule has 9 heteroatoms. The molecular formula is C19H25FN6O2. The number of urea groups is 1. The molecule has 1 saturated heterocycles. The highest BCUT2D eigenvalue weighted by atomic mass is 19.1. The Morgan fingerprint density at radius 1 is 1.29 bits per heavy atom. The lowest BCUT2D eigenvalue weighted by molar-refractivity contribution is -0.00219. The van der Waals surface area contributed by atoms with Gasteiger partial charge in [0.2, 0.25) is 0 Å². The predicted molar refractivity (Wildman–Crippen MR) is 99.8 cm³/mol. The van der Waals surface area contributed by atoms with Crippen molar-refractivity contribution >= 4 is 6.03 Å². The number of halogens is 1. The summed E-state index contributed by atoms with van der Waals surface area (Å²) in [5, 5.41) is 14.2. The van der Waals surface area contributed by atoms with E-state index in [0.29, 0.717) is 13.2 Å². The lowest BCUT2D eigenvalue weighted by Gasteiger charge is -2.32. The number of amides is 2. The molecule has 0 bridgehead atoms. The quantitative estimate of drug-likeness (QED) is 0.831. The minimum Gasteiger partial charge on any atom is -0.365 e. The van der Waals surface area contributed by atoms with E-state index in [9.17, 15) is 9.18 Å². The molecule has 3 heterocycles. The second-order valence-electron chi connectivity index (χ2n) is 7.29. The Kier molecular flexibility index (Phi) is 5.54. The highest BCUT2D eigenvalue weighted by molar-refractivity contribution is 5.73. The molecule has 4 rings (SSSR count). The van der Waals surface area contributed by atoms with E-state index >= 15 is 0 Å². The molecule has 2 aliphatic heterocycles. The van der Waals surface area contributed by atoms with Gasteiger partial charge in [-0.05, 0) is 30.5 Å². The van der Waals surface area contributed by atoms with E-state index in [4.69, 9.17) is 4.74 Å². The van der Waals surface area contributed by atoms with Gasteiger partial charge in [-0.15, -0.1) is 5.10 Å². The number of nitrogens with one attached hydrogen (secondary N) is 2. The third kappa shape index (κ3) is 4.15. The van der Waals surface area contributed by atoms with E-state index in [1.165, 1.54) is 12.1 Å². The van der Waals surface area contributed by atoms with E-state index in [0.717, 1.165) is 49.4 Å². The van der Waals surface area contributed by atoms with Gasteiger partial charge >= 0.3 is 6.03 Å². The zero-order valence-corrected chi connectivity index (χ0v) is 15.9. The molecule has 1 aromatic carbocycles. The molecule has 150 valence electrons. The Bertz CT molecular complexity index is 816. The SMILES string of the molecule is CNC(=O)NC1CCN(Cc2nnn3c2CO[C@@H](c2ccc(F)cc2)C3)CC1. The van der Waals surface area contributed by atoms with Gasteiger partial charge in [0.15, 0.2) is 0 Å². The first kappa shape index (κ1) is 18.8. The monoisotopic (exact) mass is 388 g/mol. The van der Waals surface area contributed by atoms with Gasteiger partial charge in [0, 0.05) is 32.7 Å². The fraction of sp³-hybridized carbons (Fsp3) is 0.526. The zero-order valence-electron chi connectivity index (χ0n) is 15.9. The van der Waals surface area contributed by atoms with Crippen molar-refractivity contribution in [2.24, 2.45) is 0 Å². The van der Waals surface area contributed by atoms with Crippen LogP contribution in [0.5, 0.6) is 0 Å². The number of rotatable bonds is 4. The maximum atomic E-state index is 13.1. The Morgan fingerprint density at radius 2 is 2.04 bits per heavy atom. The second-order valence-corrected chi connectivity index (χ2v) is 7.29. The third-order valence-corrected chi connectivity index (χ3v) is 5.44. The summed E-state index contributed by atoms with van der Waals surface area (Å²) in [4.78, 5) is 13.8. The molecule has 28 heavy (non-hydrogen) atoms. The molecule has 1 atom stereocenters. The molecule has 0 aliphatic carbocycles. The number of hydrogen-bond acceptors (Lipinski definition) is 5. The number of likely N-dealkylation sites (tertiary alicyclic amines) is 1. The first-order valence-electron chi connectivity index (χ1n) is 9.61. The summed E-state index contributed by atoms with van der Waals surface area (Å²) in [5.41, 5.74) is 2.88. The highest BCUT2D eigenvalue weighted by Crippen LogP contribution is 2.27. The summed E-state index contributed by atoms with van der Waals surface area (Å²) in [6, 6.07) is 6.48. The number of hydrogen-bond donors (Lipinski definition) is 2. The number of aromatic nitrogens is 3. The Balaban J connectivity index is 1.34. The number of benzene rings is 1. The van der Waals surface area contributed by atoms with Crippen LogP contribution < -0.4 is 10.6 Å². The Labute approximate surface area is 163 Å². The van der Waals surface area contributed by atoms with Gasteiger partial charge in [-0.3, -0.25) is 4.90 Å². The first-order chi connectivity index (χ1) is 13.6. The van der Waals surface area contributed by atoms with Gasteiger partial charge in [0.25, 0.3) is 0 Å². The van der Waals surface area contributed by atoms with E-state index in [1.807, 2.05) is 4.68 Å². The van der Waals surface area contributed by atoms with E-state index < -0.39 is 0 Å². The van der Waals surface area contributed by atoms with E-state index in [1.54, 1.807) is 19.2 Å². The third-order valence-electron chi connectivity index (χ3n) is 5.44. The van der Waals surface area contributed by atoms with Crippen molar-refractivity contribution in [1.82, 2.24) is 30.5 Å². The van der Waals surface area contributed by atoms with Crippen LogP contribution in [0, 0.1) is 5.82 Å². The molecular weight excluding hydrogens is 363 g/mol. The van der Waals surface area contributed by atoms with Crippen molar-refractivity contribution in [2.75, 3.05) is 20.1 Å². The minimum absolute atomic E-state index is 0.126. The van der Waals surface area contributed by atoms with Crippen molar-refractivity contribution in [3.8, 4) is 0 Å². The summed E-state index contributed by atoms with van der Waals surface area (Å²) in [7, 11) is 1.63. The van der Waals surface area contributed by atoms with Gasteiger partial charge in [-0.2, -0.15) is 0 Å². The van der Waals surface area contributed by atoms with Gasteiger partial charge in [0.05, 0.1) is 18.8 Å². The van der Waals surface area contributed by atoms with Crippen LogP contribution in [0.25, 0.3) is 0 Å². The van der Waals surface area contributed by atoms with Crippen LogP contribution in [0.15, 0.2) is 24.3 Å². The Morgan fingerprint density at radius 3 is 2.75 bits per heavy atom. The lowest BCUT2D eigenvalue weighted by atomic mass is 10.0. The van der Waals surface area contributed by atoms with E-state index in [-0.39, 0.29) is 24.0 Å². The summed E-state index contributed by atoms with van der Waals surface area (Å²) in [5.74, 6) is -0.252. The standard InChI is InChI=1S/C19H25FN6O2/c1-21-19(27)22-15-6-8-25(9-7-15)10-16-17-12-28-18(11-26(17)24-23-16)13-2-4-14(20)5-3-13/h2-5,15,18H,6-12H2,1H3,(H2,21,22,27)/t18-/m1/s1. The summed E-state index contributed by atoms with van der Waals surface area (Å²) in [6.07, 6.45) is 1.69. The summed E-state index contributed by atoms with van der Waals surface area (Å²) >= 11 is 0. The van der Waals surface area contributed by atoms with Crippen molar-refractivity contribution in [3.63, 3.8) is 0 Å². The summed E-state index contributed by atoms with van der Waals surface area (Å²) in [6.45, 7) is 3.55. The van der Waals surface area contributed by atoms with Crippen molar-refractivity contribution in [1.29, 1.82) is 0 Å². The van der Waals surface area contributed by atoms with Crippen LogP contribution >= 0.6 is 0 Å². The zero-order chi connectivity index (χ0) is 19.5. The first-order valence-corrected chi connectivity index (χ1v) is 9.61. The molecule has 0 radical (unpaired) electrons. The van der Waals surface area contributed by atoms with Crippen molar-refractivity contribution in [2.45, 2.75) is 44.7 Å². The molecule has 2 aliphatic rings. The maximum Gasteiger partial charge on any atom is 0.314 e. The van der Waals surface area contributed by atoms with Crippen LogP contribution in [0.4, 0.5) is 9.18 Å². The average molecular weight is 388 g/mol. The van der Waals surface area contributed by atoms with E-state index in [2.05, 4.69) is 25.8 Å². The van der Waals surface area contributed by atoms with Crippen LogP contribution in [-0.2, 0) is 24.4 Å². The average Bonchev–Trinajstić information content (AvgIpc) is 3.12. The molecule has 0 spiro atoms. The van der Waals surface area contributed by atoms with Crippen molar-refractivity contribution < 1.29 is 13.9 Å². The molecule has 2 N–H and O–H groups in total. The predicted octanol–water partition coefficient (Wildman–Crippen LogP) is 1.58. The number of piperidine rings is 1. The fourth-order valence-corrected chi connectivity index (χ4v) is 3.77. The molecule has 1 fully saturated rings. The molecule has 0 saturated carbocycles. The van der Waals surface area contributed by atoms with Crippen LogP contribution in [0.1, 0.15) is 35.9 Å². The molecule has 0 unspecified atom stereocenters. The fourth-order valence-electron chi connectivity index (χ4n) is 3.77. The molecule has 1 aromatic heterocycles. The Hall–Kier alpha value is -2.52. The van der Waals surface area contributed by atoms with Gasteiger partial charge in [-0.1, -0.05) is 17.3 Å². The second kappa shape index (κ2) is 8.24. The molecule has 2 amide bonds. The number of fused-ring (bicyclic) bond motifs is 1. The smallest absolute Gasteiger partial charge is 0.314 e. The van der Waals surface area contributed by atoms with Crippen LogP contribution in [0.3, 0.4) is 0 Å². The topological polar surface area (TPSA) is 84.3 Å². The highest BCUT2D eigenvalue weighted by Gasteiger charge is 2.27. The number of nitrogens with zero attached hydrogens (tertiary/aromatic N) is 4. The maximum absolute atomic E-state index is 13.1. The summed E-state index contributed by atoms with van der Waals surface area (Å²) < 4.78 is 21.0. The van der Waals surface area contributed by atoms with Crippen LogP contribution in [0.2, 0.25) is 0 Å².